The summed E-state index contributed by atoms with van der Waals surface area (Å²) in [5, 5.41) is 0. The average molecular weight is 271 g/mol. The van der Waals surface area contributed by atoms with Gasteiger partial charge < -0.3 is 5.73 Å². The smallest absolute Gasteiger partial charge is 0.126 e. The summed E-state index contributed by atoms with van der Waals surface area (Å²) in [5.41, 5.74) is 10.1. The summed E-state index contributed by atoms with van der Waals surface area (Å²) < 4.78 is 13.6. The molecule has 0 aliphatic rings. The molecule has 0 aliphatic heterocycles. The van der Waals surface area contributed by atoms with Crippen molar-refractivity contribution in [2.24, 2.45) is 5.73 Å². The molecule has 0 aromatic heterocycles. The van der Waals surface area contributed by atoms with Crippen LogP contribution < -0.4 is 5.73 Å². The standard InChI is InChI=1S/C18H22FN/c1-12-5-6-14(11-16(12)19)17(20)13-7-9-15(10-8-13)18(2,3)4/h5-11,17H,20H2,1-4H3. The largest absolute Gasteiger partial charge is 0.320 e. The topological polar surface area (TPSA) is 26.0 Å². The first-order valence-corrected chi connectivity index (χ1v) is 6.91. The molecule has 1 atom stereocenters. The number of halogens is 1. The first-order valence-electron chi connectivity index (χ1n) is 6.91. The van der Waals surface area contributed by atoms with Crippen molar-refractivity contribution in [2.75, 3.05) is 0 Å². The maximum absolute atomic E-state index is 13.6. The zero-order chi connectivity index (χ0) is 14.9. The molecule has 2 aromatic rings. The lowest BCUT2D eigenvalue weighted by Crippen LogP contribution is -2.14. The minimum atomic E-state index is -0.292. The molecule has 106 valence electrons. The van der Waals surface area contributed by atoms with Gasteiger partial charge in [0.25, 0.3) is 0 Å². The van der Waals surface area contributed by atoms with Gasteiger partial charge in [0, 0.05) is 0 Å². The van der Waals surface area contributed by atoms with Crippen molar-refractivity contribution in [3.05, 3.63) is 70.5 Å². The fourth-order valence-corrected chi connectivity index (χ4v) is 2.19. The third-order valence-electron chi connectivity index (χ3n) is 3.69. The van der Waals surface area contributed by atoms with Gasteiger partial charge in [0.15, 0.2) is 0 Å². The molecule has 0 saturated heterocycles. The van der Waals surface area contributed by atoms with Crippen molar-refractivity contribution in [3.8, 4) is 0 Å². The second-order valence-corrected chi connectivity index (χ2v) is 6.36. The highest BCUT2D eigenvalue weighted by atomic mass is 19.1. The third-order valence-corrected chi connectivity index (χ3v) is 3.69. The van der Waals surface area contributed by atoms with Crippen molar-refractivity contribution in [1.82, 2.24) is 0 Å². The maximum Gasteiger partial charge on any atom is 0.126 e. The highest BCUT2D eigenvalue weighted by Crippen LogP contribution is 2.26. The summed E-state index contributed by atoms with van der Waals surface area (Å²) in [5.74, 6) is -0.204. The van der Waals surface area contributed by atoms with Gasteiger partial charge in [-0.15, -0.1) is 0 Å². The van der Waals surface area contributed by atoms with Gasteiger partial charge in [-0.05, 0) is 40.7 Å². The molecule has 2 N–H and O–H groups in total. The Labute approximate surface area is 120 Å². The van der Waals surface area contributed by atoms with Crippen LogP contribution in [0.4, 0.5) is 4.39 Å². The van der Waals surface area contributed by atoms with Crippen LogP contribution in [0.25, 0.3) is 0 Å². The van der Waals surface area contributed by atoms with E-state index in [-0.39, 0.29) is 17.3 Å². The zero-order valence-corrected chi connectivity index (χ0v) is 12.6. The fraction of sp³-hybridized carbons (Fsp3) is 0.333. The molecule has 2 aromatic carbocycles. The van der Waals surface area contributed by atoms with Gasteiger partial charge in [-0.1, -0.05) is 57.2 Å². The van der Waals surface area contributed by atoms with Gasteiger partial charge in [0.1, 0.15) is 5.82 Å². The molecule has 2 rings (SSSR count). The summed E-state index contributed by atoms with van der Waals surface area (Å²) in [7, 11) is 0. The molecule has 2 heteroatoms. The first kappa shape index (κ1) is 14.7. The summed E-state index contributed by atoms with van der Waals surface area (Å²) >= 11 is 0. The van der Waals surface area contributed by atoms with Gasteiger partial charge in [0.2, 0.25) is 0 Å². The van der Waals surface area contributed by atoms with Gasteiger partial charge in [-0.2, -0.15) is 0 Å². The molecule has 0 spiro atoms. The van der Waals surface area contributed by atoms with E-state index in [4.69, 9.17) is 5.73 Å². The van der Waals surface area contributed by atoms with Gasteiger partial charge in [-0.3, -0.25) is 0 Å². The SMILES string of the molecule is Cc1ccc(C(N)c2ccc(C(C)(C)C)cc2)cc1F. The van der Waals surface area contributed by atoms with E-state index in [9.17, 15) is 4.39 Å². The van der Waals surface area contributed by atoms with E-state index in [2.05, 4.69) is 32.9 Å². The number of benzene rings is 2. The van der Waals surface area contributed by atoms with Crippen LogP contribution in [0.1, 0.15) is 49.1 Å². The third kappa shape index (κ3) is 3.07. The lowest BCUT2D eigenvalue weighted by atomic mass is 9.86. The Balaban J connectivity index is 2.29. The Bertz CT molecular complexity index is 594. The Morgan fingerprint density at radius 3 is 2.00 bits per heavy atom. The van der Waals surface area contributed by atoms with Gasteiger partial charge >= 0.3 is 0 Å². The van der Waals surface area contributed by atoms with E-state index >= 15 is 0 Å². The van der Waals surface area contributed by atoms with E-state index in [1.165, 1.54) is 11.6 Å². The Hall–Kier alpha value is -1.67. The number of nitrogens with two attached hydrogens (primary N) is 1. The minimum absolute atomic E-state index is 0.124. The summed E-state index contributed by atoms with van der Waals surface area (Å²) in [6.07, 6.45) is 0. The monoisotopic (exact) mass is 271 g/mol. The van der Waals surface area contributed by atoms with Crippen LogP contribution in [0.15, 0.2) is 42.5 Å². The van der Waals surface area contributed by atoms with Crippen molar-refractivity contribution in [2.45, 2.75) is 39.2 Å². The fourth-order valence-electron chi connectivity index (χ4n) is 2.19. The minimum Gasteiger partial charge on any atom is -0.320 e. The van der Waals surface area contributed by atoms with Crippen LogP contribution in [-0.4, -0.2) is 0 Å². The lowest BCUT2D eigenvalue weighted by Gasteiger charge is -2.20. The molecule has 1 unspecified atom stereocenters. The molecule has 0 aliphatic carbocycles. The molecule has 0 amide bonds. The highest BCUT2D eigenvalue weighted by Gasteiger charge is 2.15. The Morgan fingerprint density at radius 1 is 0.950 bits per heavy atom. The Kier molecular flexibility index (Phi) is 3.96. The number of rotatable bonds is 2. The molecule has 0 bridgehead atoms. The van der Waals surface area contributed by atoms with E-state index in [0.717, 1.165) is 11.1 Å². The summed E-state index contributed by atoms with van der Waals surface area (Å²) in [4.78, 5) is 0. The maximum atomic E-state index is 13.6. The normalized spacial score (nSPS) is 13.3. The predicted molar refractivity (Wildman–Crippen MR) is 82.3 cm³/mol. The predicted octanol–water partition coefficient (Wildman–Crippen LogP) is 4.48. The van der Waals surface area contributed by atoms with Gasteiger partial charge in [0.05, 0.1) is 6.04 Å². The van der Waals surface area contributed by atoms with Crippen LogP contribution in [0, 0.1) is 12.7 Å². The summed E-state index contributed by atoms with van der Waals surface area (Å²) in [6.45, 7) is 8.29. The lowest BCUT2D eigenvalue weighted by molar-refractivity contribution is 0.589. The highest BCUT2D eigenvalue weighted by molar-refractivity contribution is 5.36. The van der Waals surface area contributed by atoms with Crippen LogP contribution >= 0.6 is 0 Å². The van der Waals surface area contributed by atoms with Crippen LogP contribution in [0.5, 0.6) is 0 Å². The van der Waals surface area contributed by atoms with Crippen LogP contribution in [0.3, 0.4) is 0 Å². The molecule has 20 heavy (non-hydrogen) atoms. The second-order valence-electron chi connectivity index (χ2n) is 6.36. The average Bonchev–Trinajstić information content (AvgIpc) is 2.40. The van der Waals surface area contributed by atoms with Gasteiger partial charge in [-0.25, -0.2) is 4.39 Å². The van der Waals surface area contributed by atoms with E-state index in [1.807, 2.05) is 18.2 Å². The van der Waals surface area contributed by atoms with Crippen molar-refractivity contribution >= 4 is 0 Å². The molecule has 1 nitrogen and oxygen atoms in total. The van der Waals surface area contributed by atoms with E-state index in [0.29, 0.717) is 5.56 Å². The Morgan fingerprint density at radius 2 is 1.50 bits per heavy atom. The first-order chi connectivity index (χ1) is 9.29. The molecule has 0 saturated carbocycles. The molecule has 0 heterocycles. The van der Waals surface area contributed by atoms with E-state index in [1.54, 1.807) is 13.0 Å². The number of hydrogen-bond acceptors (Lipinski definition) is 1. The van der Waals surface area contributed by atoms with Crippen molar-refractivity contribution in [1.29, 1.82) is 0 Å². The van der Waals surface area contributed by atoms with Crippen molar-refractivity contribution in [3.63, 3.8) is 0 Å². The summed E-state index contributed by atoms with van der Waals surface area (Å²) in [6, 6.07) is 13.1. The number of hydrogen-bond donors (Lipinski definition) is 1. The molecule has 0 fully saturated rings. The molecule has 0 radical (unpaired) electrons. The van der Waals surface area contributed by atoms with E-state index < -0.39 is 0 Å². The van der Waals surface area contributed by atoms with Crippen LogP contribution in [-0.2, 0) is 5.41 Å². The van der Waals surface area contributed by atoms with Crippen LogP contribution in [0.2, 0.25) is 0 Å². The molecular formula is C18H22FN. The quantitative estimate of drug-likeness (QED) is 0.856. The second kappa shape index (κ2) is 5.37. The van der Waals surface area contributed by atoms with Crippen molar-refractivity contribution < 1.29 is 4.39 Å². The zero-order valence-electron chi connectivity index (χ0n) is 12.6. The number of aryl methyl sites for hydroxylation is 1. The molecular weight excluding hydrogens is 249 g/mol.